The fourth-order valence-electron chi connectivity index (χ4n) is 5.18. The van der Waals surface area contributed by atoms with Gasteiger partial charge in [-0.3, -0.25) is 5.41 Å². The second kappa shape index (κ2) is 13.1. The van der Waals surface area contributed by atoms with Gasteiger partial charge in [0.1, 0.15) is 5.84 Å². The predicted octanol–water partition coefficient (Wildman–Crippen LogP) is 2.77. The first-order valence-corrected chi connectivity index (χ1v) is 15.6. The quantitative estimate of drug-likeness (QED) is 0.105. The Morgan fingerprint density at radius 2 is 1.52 bits per heavy atom. The van der Waals surface area contributed by atoms with Gasteiger partial charge in [0.25, 0.3) is 0 Å². The molecule has 42 heavy (non-hydrogen) atoms. The zero-order chi connectivity index (χ0) is 30.4. The minimum absolute atomic E-state index is 0.0421. The molecule has 3 aromatic carbocycles. The van der Waals surface area contributed by atoms with Crippen molar-refractivity contribution >= 4 is 25.3 Å². The van der Waals surface area contributed by atoms with Crippen molar-refractivity contribution in [2.45, 2.75) is 37.4 Å². The molecule has 7 N–H and O–H groups in total. The number of rotatable bonds is 12. The fourth-order valence-corrected chi connectivity index (χ4v) is 6.27. The van der Waals surface area contributed by atoms with Gasteiger partial charge in [-0.25, -0.2) is 0 Å². The molecule has 224 valence electrons. The third kappa shape index (κ3) is 7.19. The molecule has 1 aliphatic heterocycles. The number of likely N-dealkylation sites (tertiary alicyclic amines) is 1. The first-order valence-electron chi connectivity index (χ1n) is 13.6. The van der Waals surface area contributed by atoms with E-state index in [-0.39, 0.29) is 18.3 Å². The zero-order valence-corrected chi connectivity index (χ0v) is 24.5. The molecule has 3 aromatic rings. The molecule has 0 unspecified atom stereocenters. The number of nitrogens with one attached hydrogen (secondary N) is 3. The number of benzene rings is 3. The number of hydrogen-bond acceptors (Lipinski definition) is 8. The Balaban J connectivity index is 1.65. The standard InChI is InChI=1S/C30H38N5O6P/c1-40-42(38,39,41-2)34-27(26(22-10-5-3-6-11-22)23-12-7-4-8-13-23)30(37)35-19-9-14-25(35)29(36)33-20-21-15-17-24(18-16-21)28(31)32/h3-8,10-13,15-18,25-27,34,38-39H,9,14,19-20H2,1-2H3,(H3,31,32)(H,33,36)/t25-,27+/m0/s1. The molecule has 1 heterocycles. The molecule has 0 aromatic heterocycles. The van der Waals surface area contributed by atoms with Gasteiger partial charge < -0.3 is 5.73 Å². The van der Waals surface area contributed by atoms with Gasteiger partial charge >= 0.3 is 229 Å². The summed E-state index contributed by atoms with van der Waals surface area (Å²) in [7, 11) is -3.26. The van der Waals surface area contributed by atoms with E-state index in [2.05, 4.69) is 10.4 Å². The normalized spacial score (nSPS) is 16.9. The molecule has 1 saturated heterocycles. The summed E-state index contributed by atoms with van der Waals surface area (Å²) in [5.74, 6) is -1.55. The van der Waals surface area contributed by atoms with Crippen LogP contribution in [0.5, 0.6) is 0 Å². The first kappa shape index (κ1) is 31.2. The molecule has 0 saturated carbocycles. The molecule has 11 nitrogen and oxygen atoms in total. The second-order valence-corrected chi connectivity index (χ2v) is 12.9. The van der Waals surface area contributed by atoms with Crippen LogP contribution in [-0.2, 0) is 25.2 Å². The van der Waals surface area contributed by atoms with Crippen LogP contribution in [-0.4, -0.2) is 65.2 Å². The molecular weight excluding hydrogens is 557 g/mol. The van der Waals surface area contributed by atoms with E-state index in [4.69, 9.17) is 20.2 Å². The summed E-state index contributed by atoms with van der Waals surface area (Å²) in [6.45, 7) is 0.538. The Morgan fingerprint density at radius 3 is 2.02 bits per heavy atom. The van der Waals surface area contributed by atoms with Crippen LogP contribution >= 0.6 is 7.66 Å². The van der Waals surface area contributed by atoms with Crippen LogP contribution in [0.4, 0.5) is 0 Å². The Hall–Kier alpha value is -3.70. The van der Waals surface area contributed by atoms with E-state index in [1.165, 1.54) is 4.90 Å². The number of carbonyl (C=O) groups excluding carboxylic acids is 2. The third-order valence-corrected chi connectivity index (χ3v) is 9.54. The van der Waals surface area contributed by atoms with E-state index >= 15 is 0 Å². The van der Waals surface area contributed by atoms with Crippen LogP contribution in [0.2, 0.25) is 0 Å². The number of nitrogens with two attached hydrogens (primary N) is 1. The van der Waals surface area contributed by atoms with Crippen LogP contribution in [0.25, 0.3) is 0 Å². The Labute approximate surface area is 245 Å². The van der Waals surface area contributed by atoms with Crippen LogP contribution < -0.4 is 16.1 Å². The number of nitrogens with zero attached hydrogens (tertiary/aromatic N) is 1. The van der Waals surface area contributed by atoms with E-state index in [0.29, 0.717) is 24.9 Å². The number of hydrogen-bond donors (Lipinski definition) is 6. The number of amidine groups is 1. The van der Waals surface area contributed by atoms with Gasteiger partial charge in [-0.15, -0.1) is 0 Å². The van der Waals surface area contributed by atoms with Crippen molar-refractivity contribution in [3.63, 3.8) is 0 Å². The molecule has 0 radical (unpaired) electrons. The Morgan fingerprint density at radius 1 is 0.976 bits per heavy atom. The van der Waals surface area contributed by atoms with E-state index in [1.807, 2.05) is 60.7 Å². The van der Waals surface area contributed by atoms with Crippen LogP contribution in [0.3, 0.4) is 0 Å². The molecule has 12 heteroatoms. The van der Waals surface area contributed by atoms with Crippen molar-refractivity contribution in [1.29, 1.82) is 5.41 Å². The molecule has 1 fully saturated rings. The molecule has 0 aliphatic carbocycles. The van der Waals surface area contributed by atoms with Crippen LogP contribution in [0.1, 0.15) is 41.0 Å². The zero-order valence-electron chi connectivity index (χ0n) is 23.6. The third-order valence-electron chi connectivity index (χ3n) is 7.51. The monoisotopic (exact) mass is 595 g/mol. The molecule has 1 aliphatic rings. The summed E-state index contributed by atoms with van der Waals surface area (Å²) in [5, 5.41) is 13.1. The van der Waals surface area contributed by atoms with Gasteiger partial charge in [-0.05, 0) is 0 Å². The molecule has 0 spiro atoms. The molecule has 0 bridgehead atoms. The Bertz CT molecular complexity index is 1340. The van der Waals surface area contributed by atoms with Gasteiger partial charge in [-0.2, -0.15) is 0 Å². The molecule has 2 atom stereocenters. The molecule has 4 rings (SSSR count). The topological polar surface area (TPSA) is 170 Å². The van der Waals surface area contributed by atoms with Crippen molar-refractivity contribution in [1.82, 2.24) is 15.3 Å². The van der Waals surface area contributed by atoms with Gasteiger partial charge in [-0.1, -0.05) is 0 Å². The molecular formula is C30H38N5O6P. The van der Waals surface area contributed by atoms with E-state index in [9.17, 15) is 19.4 Å². The SMILES string of the molecule is COP(O)(O)(N[C@@H](C(=O)N1CCC[C@H]1C(=O)NCc1ccc(C(=N)N)cc1)C(c1ccccc1)c1ccccc1)OC. The predicted molar refractivity (Wildman–Crippen MR) is 161 cm³/mol. The van der Waals surface area contributed by atoms with Crippen molar-refractivity contribution in [3.05, 3.63) is 107 Å². The van der Waals surface area contributed by atoms with Gasteiger partial charge in [0.05, 0.1) is 0 Å². The average Bonchev–Trinajstić information content (AvgIpc) is 3.51. The number of amides is 2. The van der Waals surface area contributed by atoms with E-state index in [0.717, 1.165) is 30.9 Å². The Kier molecular flexibility index (Phi) is 9.73. The summed E-state index contributed by atoms with van der Waals surface area (Å²) in [6.07, 6.45) is 1.05. The fraction of sp³-hybridized carbons (Fsp3) is 0.300. The van der Waals surface area contributed by atoms with Crippen LogP contribution in [0.15, 0.2) is 84.9 Å². The minimum atomic E-state index is -5.44. The van der Waals surface area contributed by atoms with Crippen molar-refractivity contribution in [2.75, 3.05) is 20.8 Å². The van der Waals surface area contributed by atoms with E-state index < -0.39 is 31.6 Å². The molecule has 2 amide bonds. The van der Waals surface area contributed by atoms with Gasteiger partial charge in [0.15, 0.2) is 0 Å². The van der Waals surface area contributed by atoms with E-state index in [1.54, 1.807) is 24.3 Å². The van der Waals surface area contributed by atoms with Gasteiger partial charge in [0, 0.05) is 0 Å². The first-order chi connectivity index (χ1) is 20.0. The van der Waals surface area contributed by atoms with Crippen molar-refractivity contribution < 1.29 is 28.4 Å². The maximum absolute atomic E-state index is 14.4. The summed E-state index contributed by atoms with van der Waals surface area (Å²) in [4.78, 5) is 51.5. The number of nitrogen functional groups attached to an aromatic ring is 1. The summed E-state index contributed by atoms with van der Waals surface area (Å²) < 4.78 is 10.1. The summed E-state index contributed by atoms with van der Waals surface area (Å²) in [5.41, 5.74) is 8.41. The average molecular weight is 596 g/mol. The van der Waals surface area contributed by atoms with Crippen LogP contribution in [0, 0.1) is 5.41 Å². The second-order valence-electron chi connectivity index (χ2n) is 10.2. The van der Waals surface area contributed by atoms with Crippen molar-refractivity contribution in [2.24, 2.45) is 5.73 Å². The van der Waals surface area contributed by atoms with Gasteiger partial charge in [0.2, 0.25) is 0 Å². The summed E-state index contributed by atoms with van der Waals surface area (Å²) >= 11 is 0. The summed E-state index contributed by atoms with van der Waals surface area (Å²) in [6, 6.07) is 23.4. The maximum atomic E-state index is 14.4. The number of carbonyl (C=O) groups is 2. The van der Waals surface area contributed by atoms with Crippen molar-refractivity contribution in [3.8, 4) is 0 Å².